The summed E-state index contributed by atoms with van der Waals surface area (Å²) >= 11 is 0. The summed E-state index contributed by atoms with van der Waals surface area (Å²) in [5.41, 5.74) is 0. The molecule has 0 bridgehead atoms. The molecule has 5 heteroatoms. The predicted octanol–water partition coefficient (Wildman–Crippen LogP) is 1.58. The van der Waals surface area contributed by atoms with E-state index in [1.807, 2.05) is 0 Å². The molecule has 0 aromatic carbocycles. The number of hydrogen-bond acceptors (Lipinski definition) is 3. The van der Waals surface area contributed by atoms with Crippen molar-refractivity contribution in [3.8, 4) is 0 Å². The van der Waals surface area contributed by atoms with Crippen molar-refractivity contribution in [3.63, 3.8) is 0 Å². The van der Waals surface area contributed by atoms with E-state index in [-0.39, 0.29) is 12.5 Å². The lowest BCUT2D eigenvalue weighted by atomic mass is 10.1. The third-order valence-corrected chi connectivity index (χ3v) is 2.56. The minimum atomic E-state index is -1.01. The average molecular weight is 272 g/mol. The molecule has 0 fully saturated rings. The van der Waals surface area contributed by atoms with Crippen molar-refractivity contribution in [1.29, 1.82) is 0 Å². The molecule has 112 valence electrons. The van der Waals surface area contributed by atoms with Crippen molar-refractivity contribution in [2.24, 2.45) is 11.8 Å². The summed E-state index contributed by atoms with van der Waals surface area (Å²) in [7, 11) is 0. The molecular formula is C14H28N2O3. The number of rotatable bonds is 10. The summed E-state index contributed by atoms with van der Waals surface area (Å²) in [6.07, 6.45) is 1.16. The van der Waals surface area contributed by atoms with E-state index in [1.165, 1.54) is 0 Å². The Morgan fingerprint density at radius 2 is 1.63 bits per heavy atom. The first-order chi connectivity index (χ1) is 8.81. The molecule has 0 aromatic heterocycles. The molecule has 19 heavy (non-hydrogen) atoms. The number of nitrogens with one attached hydrogen (secondary N) is 1. The Morgan fingerprint density at radius 3 is 2.05 bits per heavy atom. The van der Waals surface area contributed by atoms with Gasteiger partial charge in [-0.05, 0) is 24.8 Å². The fourth-order valence-corrected chi connectivity index (χ4v) is 2.02. The van der Waals surface area contributed by atoms with Crippen molar-refractivity contribution in [2.75, 3.05) is 26.2 Å². The van der Waals surface area contributed by atoms with Crippen LogP contribution in [0, 0.1) is 11.8 Å². The van der Waals surface area contributed by atoms with Gasteiger partial charge >= 0.3 is 5.97 Å². The Bertz CT molecular complexity index is 268. The molecule has 0 aliphatic carbocycles. The fourth-order valence-electron chi connectivity index (χ4n) is 2.02. The zero-order chi connectivity index (χ0) is 14.8. The molecule has 0 atom stereocenters. The van der Waals surface area contributed by atoms with Crippen LogP contribution in [0.2, 0.25) is 0 Å². The van der Waals surface area contributed by atoms with Gasteiger partial charge in [-0.25, -0.2) is 0 Å². The molecular weight excluding hydrogens is 244 g/mol. The second-order valence-electron chi connectivity index (χ2n) is 5.82. The summed E-state index contributed by atoms with van der Waals surface area (Å²) in [5, 5.41) is 10.8. The lowest BCUT2D eigenvalue weighted by molar-refractivity contribution is -0.137. The minimum absolute atomic E-state index is 0.184. The van der Waals surface area contributed by atoms with Gasteiger partial charge in [-0.2, -0.15) is 0 Å². The first-order valence-corrected chi connectivity index (χ1v) is 7.02. The highest BCUT2D eigenvalue weighted by atomic mass is 16.4. The van der Waals surface area contributed by atoms with Gasteiger partial charge in [0.25, 0.3) is 0 Å². The number of amides is 1. The molecule has 0 spiro atoms. The van der Waals surface area contributed by atoms with Gasteiger partial charge in [0.15, 0.2) is 0 Å². The van der Waals surface area contributed by atoms with E-state index in [9.17, 15) is 9.59 Å². The molecule has 1 amide bonds. The van der Waals surface area contributed by atoms with E-state index in [4.69, 9.17) is 5.11 Å². The highest BCUT2D eigenvalue weighted by molar-refractivity contribution is 5.80. The van der Waals surface area contributed by atoms with Crippen LogP contribution in [0.3, 0.4) is 0 Å². The van der Waals surface area contributed by atoms with Crippen molar-refractivity contribution < 1.29 is 14.7 Å². The summed E-state index contributed by atoms with van der Waals surface area (Å²) < 4.78 is 0. The van der Waals surface area contributed by atoms with Gasteiger partial charge in [-0.1, -0.05) is 27.7 Å². The lowest BCUT2D eigenvalue weighted by Gasteiger charge is -2.25. The van der Waals surface area contributed by atoms with Gasteiger partial charge in [0.1, 0.15) is 6.54 Å². The monoisotopic (exact) mass is 272 g/mol. The number of hydrogen-bond donors (Lipinski definition) is 2. The highest BCUT2D eigenvalue weighted by Gasteiger charge is 2.10. The summed E-state index contributed by atoms with van der Waals surface area (Å²) in [6, 6.07) is 0. The van der Waals surface area contributed by atoms with Crippen LogP contribution in [-0.4, -0.2) is 48.1 Å². The van der Waals surface area contributed by atoms with E-state index < -0.39 is 5.97 Å². The smallest absolute Gasteiger partial charge is 0.322 e. The maximum absolute atomic E-state index is 11.4. The third-order valence-electron chi connectivity index (χ3n) is 2.56. The quantitative estimate of drug-likeness (QED) is 0.633. The molecule has 0 rings (SSSR count). The Labute approximate surface area is 116 Å². The zero-order valence-corrected chi connectivity index (χ0v) is 12.6. The van der Waals surface area contributed by atoms with E-state index in [0.29, 0.717) is 18.3 Å². The van der Waals surface area contributed by atoms with Gasteiger partial charge in [0, 0.05) is 19.5 Å². The number of carbonyl (C=O) groups is 2. The maximum atomic E-state index is 11.4. The van der Waals surface area contributed by atoms with Crippen molar-refractivity contribution in [2.45, 2.75) is 40.5 Å². The van der Waals surface area contributed by atoms with E-state index in [1.54, 1.807) is 0 Å². The molecule has 0 aliphatic heterocycles. The summed E-state index contributed by atoms with van der Waals surface area (Å²) in [5.74, 6) is 0.0326. The number of carboxylic acid groups (broad SMARTS) is 1. The van der Waals surface area contributed by atoms with Crippen molar-refractivity contribution in [1.82, 2.24) is 10.2 Å². The number of nitrogens with zero attached hydrogens (tertiary/aromatic N) is 1. The molecule has 0 aromatic rings. The van der Waals surface area contributed by atoms with Crippen LogP contribution in [-0.2, 0) is 9.59 Å². The van der Waals surface area contributed by atoms with Gasteiger partial charge in [0.05, 0.1) is 0 Å². The average Bonchev–Trinajstić information content (AvgIpc) is 2.24. The van der Waals surface area contributed by atoms with Crippen LogP contribution in [0.25, 0.3) is 0 Å². The molecule has 0 radical (unpaired) electrons. The van der Waals surface area contributed by atoms with Crippen LogP contribution in [0.1, 0.15) is 40.5 Å². The molecule has 0 saturated heterocycles. The first kappa shape index (κ1) is 17.9. The van der Waals surface area contributed by atoms with Gasteiger partial charge in [-0.15, -0.1) is 0 Å². The van der Waals surface area contributed by atoms with Gasteiger partial charge in [0.2, 0.25) is 5.91 Å². The van der Waals surface area contributed by atoms with E-state index in [2.05, 4.69) is 37.9 Å². The van der Waals surface area contributed by atoms with Gasteiger partial charge in [-0.3, -0.25) is 9.59 Å². The van der Waals surface area contributed by atoms with Crippen LogP contribution >= 0.6 is 0 Å². The van der Waals surface area contributed by atoms with Crippen LogP contribution in [0.5, 0.6) is 0 Å². The Balaban J connectivity index is 3.90. The minimum Gasteiger partial charge on any atom is -0.480 e. The van der Waals surface area contributed by atoms with Crippen molar-refractivity contribution >= 4 is 11.9 Å². The van der Waals surface area contributed by atoms with E-state index in [0.717, 1.165) is 26.1 Å². The topological polar surface area (TPSA) is 69.6 Å². The Hall–Kier alpha value is -1.10. The van der Waals surface area contributed by atoms with Crippen LogP contribution < -0.4 is 5.32 Å². The molecule has 5 nitrogen and oxygen atoms in total. The second kappa shape index (κ2) is 9.78. The molecule has 2 N–H and O–H groups in total. The largest absolute Gasteiger partial charge is 0.480 e. The lowest BCUT2D eigenvalue weighted by Crippen LogP contribution is -2.34. The number of carbonyl (C=O) groups excluding carboxylic acids is 1. The first-order valence-electron chi connectivity index (χ1n) is 7.02. The Kier molecular flexibility index (Phi) is 9.21. The zero-order valence-electron chi connectivity index (χ0n) is 12.6. The SMILES string of the molecule is CC(C)CN(CCCC(=O)NCC(=O)O)CC(C)C. The van der Waals surface area contributed by atoms with Crippen molar-refractivity contribution in [3.05, 3.63) is 0 Å². The normalized spacial score (nSPS) is 11.3. The maximum Gasteiger partial charge on any atom is 0.322 e. The molecule has 0 unspecified atom stereocenters. The van der Waals surface area contributed by atoms with Crippen LogP contribution in [0.15, 0.2) is 0 Å². The number of carboxylic acids is 1. The molecule has 0 heterocycles. The number of aliphatic carboxylic acids is 1. The Morgan fingerprint density at radius 1 is 1.11 bits per heavy atom. The standard InChI is InChI=1S/C14H28N2O3/c1-11(2)9-16(10-12(3)4)7-5-6-13(17)15-8-14(18)19/h11-12H,5-10H2,1-4H3,(H,15,17)(H,18,19). The summed E-state index contributed by atoms with van der Waals surface area (Å²) in [4.78, 5) is 24.1. The summed E-state index contributed by atoms with van der Waals surface area (Å²) in [6.45, 7) is 11.4. The fraction of sp³-hybridized carbons (Fsp3) is 0.857. The highest BCUT2D eigenvalue weighted by Crippen LogP contribution is 2.05. The van der Waals surface area contributed by atoms with E-state index >= 15 is 0 Å². The predicted molar refractivity (Wildman–Crippen MR) is 76.0 cm³/mol. The van der Waals surface area contributed by atoms with Crippen LogP contribution in [0.4, 0.5) is 0 Å². The van der Waals surface area contributed by atoms with Gasteiger partial charge < -0.3 is 15.3 Å². The molecule has 0 aliphatic rings. The third kappa shape index (κ3) is 11.7. The second-order valence-corrected chi connectivity index (χ2v) is 5.82. The molecule has 0 saturated carbocycles.